The molecule has 0 unspecified atom stereocenters. The average Bonchev–Trinajstić information content (AvgIpc) is 2.61. The van der Waals surface area contributed by atoms with Crippen LogP contribution in [0.15, 0.2) is 29.3 Å². The zero-order valence-electron chi connectivity index (χ0n) is 17.4. The smallest absolute Gasteiger partial charge is 0.410 e. The van der Waals surface area contributed by atoms with Gasteiger partial charge >= 0.3 is 6.09 Å². The highest BCUT2D eigenvalue weighted by Crippen LogP contribution is 2.12. The van der Waals surface area contributed by atoms with E-state index in [0.717, 1.165) is 31.7 Å². The fourth-order valence-electron chi connectivity index (χ4n) is 2.80. The van der Waals surface area contributed by atoms with Crippen LogP contribution in [0.25, 0.3) is 0 Å². The second-order valence-electron chi connectivity index (χ2n) is 7.75. The molecule has 0 atom stereocenters. The van der Waals surface area contributed by atoms with Gasteiger partial charge in [-0.05, 0) is 44.9 Å². The SMILES string of the molecule is CCc1ccc(NC(N)=NCCN2CCN(C(=O)OC(C)(C)C)CC2)cc1.I. The molecule has 8 heteroatoms. The summed E-state index contributed by atoms with van der Waals surface area (Å²) in [6.07, 6.45) is 0.785. The van der Waals surface area contributed by atoms with E-state index in [1.165, 1.54) is 5.56 Å². The van der Waals surface area contributed by atoms with Crippen molar-refractivity contribution in [3.63, 3.8) is 0 Å². The van der Waals surface area contributed by atoms with Gasteiger partial charge in [-0.15, -0.1) is 24.0 Å². The molecule has 7 nitrogen and oxygen atoms in total. The van der Waals surface area contributed by atoms with Gasteiger partial charge in [0.1, 0.15) is 5.60 Å². The second kappa shape index (κ2) is 11.5. The summed E-state index contributed by atoms with van der Waals surface area (Å²) >= 11 is 0. The number of hydrogen-bond donors (Lipinski definition) is 2. The predicted octanol–water partition coefficient (Wildman–Crippen LogP) is 3.15. The summed E-state index contributed by atoms with van der Waals surface area (Å²) in [6, 6.07) is 8.19. The zero-order valence-corrected chi connectivity index (χ0v) is 19.7. The minimum Gasteiger partial charge on any atom is -0.444 e. The number of anilines is 1. The Hall–Kier alpha value is -1.55. The molecule has 158 valence electrons. The van der Waals surface area contributed by atoms with Gasteiger partial charge in [0.25, 0.3) is 0 Å². The topological polar surface area (TPSA) is 83.2 Å². The fraction of sp³-hybridized carbons (Fsp3) is 0.600. The summed E-state index contributed by atoms with van der Waals surface area (Å²) in [5.74, 6) is 0.423. The predicted molar refractivity (Wildman–Crippen MR) is 126 cm³/mol. The third-order valence-corrected chi connectivity index (χ3v) is 4.36. The number of amides is 1. The molecule has 1 heterocycles. The average molecular weight is 503 g/mol. The Morgan fingerprint density at radius 1 is 1.18 bits per heavy atom. The monoisotopic (exact) mass is 503 g/mol. The second-order valence-corrected chi connectivity index (χ2v) is 7.75. The lowest BCUT2D eigenvalue weighted by Crippen LogP contribution is -2.50. The van der Waals surface area contributed by atoms with Crippen molar-refractivity contribution in [1.82, 2.24) is 9.80 Å². The minimum absolute atomic E-state index is 0. The van der Waals surface area contributed by atoms with Crippen molar-refractivity contribution in [2.45, 2.75) is 39.7 Å². The lowest BCUT2D eigenvalue weighted by atomic mass is 10.1. The molecule has 1 aliphatic heterocycles. The van der Waals surface area contributed by atoms with Gasteiger partial charge in [-0.2, -0.15) is 0 Å². The number of nitrogens with two attached hydrogens (primary N) is 1. The van der Waals surface area contributed by atoms with Gasteiger partial charge in [0.05, 0.1) is 6.54 Å². The van der Waals surface area contributed by atoms with Crippen LogP contribution >= 0.6 is 24.0 Å². The van der Waals surface area contributed by atoms with Gasteiger partial charge < -0.3 is 20.7 Å². The number of nitrogens with zero attached hydrogens (tertiary/aromatic N) is 3. The summed E-state index contributed by atoms with van der Waals surface area (Å²) in [4.78, 5) is 20.5. The molecule has 2 rings (SSSR count). The standard InChI is InChI=1S/C20H33N5O2.HI/c1-5-16-6-8-17(9-7-16)23-18(21)22-10-11-24-12-14-25(15-13-24)19(26)27-20(2,3)4;/h6-9H,5,10-15H2,1-4H3,(H3,21,22,23);1H. The Morgan fingerprint density at radius 2 is 1.79 bits per heavy atom. The number of rotatable bonds is 5. The van der Waals surface area contributed by atoms with Crippen LogP contribution in [0, 0.1) is 0 Å². The van der Waals surface area contributed by atoms with E-state index in [4.69, 9.17) is 10.5 Å². The van der Waals surface area contributed by atoms with Crippen molar-refractivity contribution < 1.29 is 9.53 Å². The number of benzene rings is 1. The van der Waals surface area contributed by atoms with Crippen molar-refractivity contribution >= 4 is 41.7 Å². The van der Waals surface area contributed by atoms with E-state index in [0.29, 0.717) is 25.6 Å². The van der Waals surface area contributed by atoms with Crippen LogP contribution in [0.3, 0.4) is 0 Å². The van der Waals surface area contributed by atoms with E-state index in [1.807, 2.05) is 32.9 Å². The molecule has 0 saturated carbocycles. The van der Waals surface area contributed by atoms with E-state index in [1.54, 1.807) is 4.90 Å². The van der Waals surface area contributed by atoms with Crippen LogP contribution in [0.5, 0.6) is 0 Å². The van der Waals surface area contributed by atoms with Crippen LogP contribution in [-0.4, -0.2) is 66.7 Å². The molecular formula is C20H34IN5O2. The van der Waals surface area contributed by atoms with Gasteiger partial charge in [0.2, 0.25) is 0 Å². The number of aryl methyl sites for hydroxylation is 1. The molecule has 0 aromatic heterocycles. The molecule has 0 radical (unpaired) electrons. The molecule has 0 aliphatic carbocycles. The van der Waals surface area contributed by atoms with Crippen molar-refractivity contribution in [1.29, 1.82) is 0 Å². The Morgan fingerprint density at radius 3 is 2.32 bits per heavy atom. The Kier molecular flexibility index (Phi) is 10.0. The van der Waals surface area contributed by atoms with Crippen molar-refractivity contribution in [2.75, 3.05) is 44.6 Å². The molecule has 1 aromatic carbocycles. The molecule has 1 aliphatic rings. The van der Waals surface area contributed by atoms with Crippen LogP contribution in [0.1, 0.15) is 33.3 Å². The third kappa shape index (κ3) is 8.64. The first-order chi connectivity index (χ1) is 12.8. The van der Waals surface area contributed by atoms with E-state index >= 15 is 0 Å². The van der Waals surface area contributed by atoms with Crippen molar-refractivity contribution in [3.05, 3.63) is 29.8 Å². The molecule has 1 fully saturated rings. The molecule has 1 saturated heterocycles. The largest absolute Gasteiger partial charge is 0.444 e. The van der Waals surface area contributed by atoms with Gasteiger partial charge in [0.15, 0.2) is 5.96 Å². The van der Waals surface area contributed by atoms with Crippen LogP contribution in [0.2, 0.25) is 0 Å². The lowest BCUT2D eigenvalue weighted by molar-refractivity contribution is 0.0148. The maximum absolute atomic E-state index is 12.1. The summed E-state index contributed by atoms with van der Waals surface area (Å²) in [5.41, 5.74) is 7.75. The Labute approximate surface area is 185 Å². The van der Waals surface area contributed by atoms with Crippen LogP contribution in [0.4, 0.5) is 10.5 Å². The first-order valence-corrected chi connectivity index (χ1v) is 9.63. The number of carbonyl (C=O) groups is 1. The lowest BCUT2D eigenvalue weighted by Gasteiger charge is -2.35. The highest BCUT2D eigenvalue weighted by atomic mass is 127. The molecule has 28 heavy (non-hydrogen) atoms. The zero-order chi connectivity index (χ0) is 19.9. The first-order valence-electron chi connectivity index (χ1n) is 9.63. The minimum atomic E-state index is -0.454. The van der Waals surface area contributed by atoms with Crippen molar-refractivity contribution in [3.8, 4) is 0 Å². The van der Waals surface area contributed by atoms with Crippen molar-refractivity contribution in [2.24, 2.45) is 10.7 Å². The summed E-state index contributed by atoms with van der Waals surface area (Å²) in [5, 5.41) is 3.11. The van der Waals surface area contributed by atoms with Gasteiger partial charge in [-0.25, -0.2) is 4.79 Å². The number of hydrogen-bond acceptors (Lipinski definition) is 4. The molecular weight excluding hydrogens is 469 g/mol. The maximum Gasteiger partial charge on any atom is 0.410 e. The number of carbonyl (C=O) groups excluding carboxylic acids is 1. The molecule has 3 N–H and O–H groups in total. The quantitative estimate of drug-likeness (QED) is 0.367. The van der Waals surface area contributed by atoms with E-state index in [2.05, 4.69) is 34.3 Å². The summed E-state index contributed by atoms with van der Waals surface area (Å²) < 4.78 is 5.42. The highest BCUT2D eigenvalue weighted by molar-refractivity contribution is 14.0. The molecule has 1 aromatic rings. The van der Waals surface area contributed by atoms with Gasteiger partial charge in [0, 0.05) is 38.4 Å². The molecule has 0 bridgehead atoms. The van der Waals surface area contributed by atoms with E-state index < -0.39 is 5.60 Å². The van der Waals surface area contributed by atoms with Crippen LogP contribution in [-0.2, 0) is 11.2 Å². The highest BCUT2D eigenvalue weighted by Gasteiger charge is 2.25. The van der Waals surface area contributed by atoms with E-state index in [-0.39, 0.29) is 30.1 Å². The maximum atomic E-state index is 12.1. The number of piperazine rings is 1. The van der Waals surface area contributed by atoms with Gasteiger partial charge in [-0.1, -0.05) is 19.1 Å². The van der Waals surface area contributed by atoms with Gasteiger partial charge in [-0.3, -0.25) is 9.89 Å². The van der Waals surface area contributed by atoms with E-state index in [9.17, 15) is 4.79 Å². The number of halogens is 1. The molecule has 1 amide bonds. The Bertz CT molecular complexity index is 635. The third-order valence-electron chi connectivity index (χ3n) is 4.36. The Balaban J connectivity index is 0.00000392. The first kappa shape index (κ1) is 24.5. The summed E-state index contributed by atoms with van der Waals surface area (Å²) in [6.45, 7) is 12.2. The molecule has 0 spiro atoms. The number of nitrogens with one attached hydrogen (secondary N) is 1. The number of ether oxygens (including phenoxy) is 1. The van der Waals surface area contributed by atoms with Crippen LogP contribution < -0.4 is 11.1 Å². The normalized spacial score (nSPS) is 15.7. The number of aliphatic imine (C=N–C) groups is 1. The fourth-order valence-corrected chi connectivity index (χ4v) is 2.80. The number of guanidine groups is 1. The summed E-state index contributed by atoms with van der Waals surface area (Å²) in [7, 11) is 0.